The van der Waals surface area contributed by atoms with Crippen LogP contribution in [0.15, 0.2) is 60.7 Å². The molecule has 0 aliphatic carbocycles. The standard InChI is InChI=1S/C32H42N4O6/c1-4-41-30(38)26(16-15-23-11-7-5-8-12-23)34-22(2)29(37)36-27(31(39)42-21-24-13-9-6-10-14-24)19-25-17-18-35(20-28(25)36)32(40)33-3/h5-14,22,25-28,34H,4,15-21H2,1-3H3,(H,33,40)/t22-,25-,26-,27-,28+/m1/s1. The van der Waals surface area contributed by atoms with Crippen LogP contribution in [0.4, 0.5) is 4.79 Å². The summed E-state index contributed by atoms with van der Waals surface area (Å²) in [4.78, 5) is 56.2. The van der Waals surface area contributed by atoms with Crippen molar-refractivity contribution in [3.63, 3.8) is 0 Å². The van der Waals surface area contributed by atoms with Crippen LogP contribution in [0.25, 0.3) is 0 Å². The Balaban J connectivity index is 1.51. The molecule has 2 N–H and O–H groups in total. The van der Waals surface area contributed by atoms with Gasteiger partial charge in [-0.25, -0.2) is 9.59 Å². The number of urea groups is 1. The zero-order chi connectivity index (χ0) is 30.1. The maximum Gasteiger partial charge on any atom is 0.329 e. The monoisotopic (exact) mass is 578 g/mol. The summed E-state index contributed by atoms with van der Waals surface area (Å²) in [5.41, 5.74) is 1.93. The number of rotatable bonds is 11. The highest BCUT2D eigenvalue weighted by Gasteiger charge is 2.51. The second-order valence-electron chi connectivity index (χ2n) is 10.9. The first-order valence-electron chi connectivity index (χ1n) is 14.8. The lowest BCUT2D eigenvalue weighted by Gasteiger charge is -2.40. The van der Waals surface area contributed by atoms with Crippen LogP contribution in [-0.4, -0.2) is 84.6 Å². The number of hydrogen-bond donors (Lipinski definition) is 2. The number of fused-ring (bicyclic) bond motifs is 1. The maximum atomic E-state index is 14.1. The molecule has 2 aromatic rings. The van der Waals surface area contributed by atoms with Gasteiger partial charge in [-0.05, 0) is 56.6 Å². The molecule has 0 aromatic heterocycles. The minimum atomic E-state index is -0.784. The molecule has 2 saturated heterocycles. The Labute approximate surface area is 247 Å². The lowest BCUT2D eigenvalue weighted by molar-refractivity contribution is -0.157. The summed E-state index contributed by atoms with van der Waals surface area (Å²) in [5, 5.41) is 5.86. The van der Waals surface area contributed by atoms with Gasteiger partial charge in [0.05, 0.1) is 18.7 Å². The van der Waals surface area contributed by atoms with Crippen molar-refractivity contribution in [2.24, 2.45) is 5.92 Å². The smallest absolute Gasteiger partial charge is 0.329 e. The molecule has 2 aliphatic rings. The second-order valence-corrected chi connectivity index (χ2v) is 10.9. The molecule has 2 aliphatic heterocycles. The summed E-state index contributed by atoms with van der Waals surface area (Å²) in [6, 6.07) is 16.4. The van der Waals surface area contributed by atoms with Gasteiger partial charge in [-0.3, -0.25) is 14.9 Å². The van der Waals surface area contributed by atoms with Crippen LogP contribution in [0, 0.1) is 5.92 Å². The van der Waals surface area contributed by atoms with Crippen LogP contribution >= 0.6 is 0 Å². The van der Waals surface area contributed by atoms with Gasteiger partial charge in [0, 0.05) is 20.1 Å². The topological polar surface area (TPSA) is 117 Å². The third-order valence-electron chi connectivity index (χ3n) is 8.15. The van der Waals surface area contributed by atoms with E-state index >= 15 is 0 Å². The minimum Gasteiger partial charge on any atom is -0.465 e. The Morgan fingerprint density at radius 1 is 0.976 bits per heavy atom. The molecule has 4 rings (SSSR count). The third kappa shape index (κ3) is 7.67. The molecule has 0 radical (unpaired) electrons. The summed E-state index contributed by atoms with van der Waals surface area (Å²) < 4.78 is 11.0. The number of carbonyl (C=O) groups is 4. The average Bonchev–Trinajstić information content (AvgIpc) is 3.41. The number of ether oxygens (including phenoxy) is 2. The first kappa shape index (κ1) is 31.0. The summed E-state index contributed by atoms with van der Waals surface area (Å²) >= 11 is 0. The van der Waals surface area contributed by atoms with Crippen LogP contribution in [0.1, 0.15) is 44.2 Å². The molecule has 0 bridgehead atoms. The third-order valence-corrected chi connectivity index (χ3v) is 8.15. The van der Waals surface area contributed by atoms with E-state index in [0.29, 0.717) is 38.8 Å². The Kier molecular flexibility index (Phi) is 10.9. The molecular formula is C32H42N4O6. The number of nitrogens with zero attached hydrogens (tertiary/aromatic N) is 2. The first-order chi connectivity index (χ1) is 20.3. The van der Waals surface area contributed by atoms with E-state index in [1.165, 1.54) is 0 Å². The molecule has 10 heteroatoms. The van der Waals surface area contributed by atoms with E-state index in [-0.39, 0.29) is 37.1 Å². The summed E-state index contributed by atoms with van der Waals surface area (Å²) in [6.07, 6.45) is 2.21. The minimum absolute atomic E-state index is 0.0512. The number of carbonyl (C=O) groups excluding carboxylic acids is 4. The highest BCUT2D eigenvalue weighted by molar-refractivity contribution is 5.89. The van der Waals surface area contributed by atoms with Gasteiger partial charge in [-0.1, -0.05) is 60.7 Å². The van der Waals surface area contributed by atoms with Crippen molar-refractivity contribution in [3.8, 4) is 0 Å². The van der Waals surface area contributed by atoms with Gasteiger partial charge in [-0.15, -0.1) is 0 Å². The van der Waals surface area contributed by atoms with E-state index in [1.807, 2.05) is 60.7 Å². The van der Waals surface area contributed by atoms with Crippen molar-refractivity contribution < 1.29 is 28.7 Å². The molecule has 42 heavy (non-hydrogen) atoms. The Bertz CT molecular complexity index is 1210. The number of amides is 3. The van der Waals surface area contributed by atoms with E-state index in [4.69, 9.17) is 9.47 Å². The Morgan fingerprint density at radius 3 is 2.29 bits per heavy atom. The molecule has 2 aromatic carbocycles. The summed E-state index contributed by atoms with van der Waals surface area (Å²) in [7, 11) is 1.58. The summed E-state index contributed by atoms with van der Waals surface area (Å²) in [5.74, 6) is -1.15. The van der Waals surface area contributed by atoms with Crippen molar-refractivity contribution >= 4 is 23.9 Å². The number of likely N-dealkylation sites (tertiary alicyclic amines) is 2. The maximum absolute atomic E-state index is 14.1. The van der Waals surface area contributed by atoms with E-state index in [0.717, 1.165) is 11.1 Å². The van der Waals surface area contributed by atoms with Crippen LogP contribution < -0.4 is 10.6 Å². The number of piperidine rings is 1. The Morgan fingerprint density at radius 2 is 1.64 bits per heavy atom. The zero-order valence-electron chi connectivity index (χ0n) is 24.7. The molecular weight excluding hydrogens is 536 g/mol. The summed E-state index contributed by atoms with van der Waals surface area (Å²) in [6.45, 7) is 4.66. The molecule has 10 nitrogen and oxygen atoms in total. The lowest BCUT2D eigenvalue weighted by Crippen LogP contribution is -2.59. The number of hydrogen-bond acceptors (Lipinski definition) is 7. The van der Waals surface area contributed by atoms with Crippen LogP contribution in [-0.2, 0) is 36.9 Å². The molecule has 226 valence electrons. The van der Waals surface area contributed by atoms with Gasteiger partial charge in [0.25, 0.3) is 0 Å². The normalized spacial score (nSPS) is 21.2. The van der Waals surface area contributed by atoms with Crippen molar-refractivity contribution in [2.45, 2.75) is 70.3 Å². The van der Waals surface area contributed by atoms with E-state index in [2.05, 4.69) is 10.6 Å². The molecule has 2 fully saturated rings. The van der Waals surface area contributed by atoms with E-state index in [9.17, 15) is 19.2 Å². The number of benzene rings is 2. The number of esters is 2. The van der Waals surface area contributed by atoms with Crippen molar-refractivity contribution in [3.05, 3.63) is 71.8 Å². The van der Waals surface area contributed by atoms with E-state index < -0.39 is 30.1 Å². The second kappa shape index (κ2) is 14.8. The van der Waals surface area contributed by atoms with Gasteiger partial charge in [0.2, 0.25) is 5.91 Å². The van der Waals surface area contributed by atoms with Gasteiger partial charge < -0.3 is 24.6 Å². The van der Waals surface area contributed by atoms with E-state index in [1.54, 1.807) is 30.7 Å². The predicted molar refractivity (Wildman–Crippen MR) is 157 cm³/mol. The number of nitrogens with one attached hydrogen (secondary N) is 2. The quantitative estimate of drug-likeness (QED) is 0.394. The van der Waals surface area contributed by atoms with Crippen LogP contribution in [0.2, 0.25) is 0 Å². The van der Waals surface area contributed by atoms with Crippen molar-refractivity contribution in [1.82, 2.24) is 20.4 Å². The fourth-order valence-corrected chi connectivity index (χ4v) is 5.96. The fraction of sp³-hybridized carbons (Fsp3) is 0.500. The molecule has 0 unspecified atom stereocenters. The first-order valence-corrected chi connectivity index (χ1v) is 14.8. The zero-order valence-corrected chi connectivity index (χ0v) is 24.7. The average molecular weight is 579 g/mol. The van der Waals surface area contributed by atoms with Gasteiger partial charge in [0.15, 0.2) is 0 Å². The highest BCUT2D eigenvalue weighted by Crippen LogP contribution is 2.37. The van der Waals surface area contributed by atoms with Gasteiger partial charge in [0.1, 0.15) is 18.7 Å². The van der Waals surface area contributed by atoms with Gasteiger partial charge >= 0.3 is 18.0 Å². The SMILES string of the molecule is CCOC(=O)[C@@H](CCc1ccccc1)N[C@H](C)C(=O)N1[C@@H](C(=O)OCc2ccccc2)C[C@H]2CCN(C(=O)NC)C[C@@H]21. The van der Waals surface area contributed by atoms with Crippen molar-refractivity contribution in [2.75, 3.05) is 26.7 Å². The molecule has 3 amide bonds. The Hall–Kier alpha value is -3.92. The van der Waals surface area contributed by atoms with Gasteiger partial charge in [-0.2, -0.15) is 0 Å². The lowest BCUT2D eigenvalue weighted by atomic mass is 9.91. The molecule has 0 saturated carbocycles. The van der Waals surface area contributed by atoms with Crippen LogP contribution in [0.3, 0.4) is 0 Å². The molecule has 5 atom stereocenters. The molecule has 0 spiro atoms. The van der Waals surface area contributed by atoms with Crippen LogP contribution in [0.5, 0.6) is 0 Å². The highest BCUT2D eigenvalue weighted by atomic mass is 16.5. The predicted octanol–water partition coefficient (Wildman–Crippen LogP) is 2.90. The fourth-order valence-electron chi connectivity index (χ4n) is 5.96. The molecule has 2 heterocycles. The van der Waals surface area contributed by atoms with Crippen molar-refractivity contribution in [1.29, 1.82) is 0 Å². The largest absolute Gasteiger partial charge is 0.465 e. The number of aryl methyl sites for hydroxylation is 1.